The first-order chi connectivity index (χ1) is 10.1. The maximum absolute atomic E-state index is 14.0. The Morgan fingerprint density at radius 3 is 2.81 bits per heavy atom. The van der Waals surface area contributed by atoms with Crippen molar-refractivity contribution in [2.45, 2.75) is 51.5 Å². The first kappa shape index (κ1) is 15.8. The Morgan fingerprint density at radius 1 is 1.38 bits per heavy atom. The van der Waals surface area contributed by atoms with Crippen LogP contribution in [0.2, 0.25) is 0 Å². The van der Waals surface area contributed by atoms with Gasteiger partial charge in [-0.15, -0.1) is 0 Å². The van der Waals surface area contributed by atoms with Gasteiger partial charge in [-0.25, -0.2) is 9.18 Å². The number of halogens is 1. The molecule has 0 bridgehead atoms. The third kappa shape index (κ3) is 3.20. The van der Waals surface area contributed by atoms with E-state index in [-0.39, 0.29) is 17.7 Å². The molecule has 0 spiro atoms. The number of para-hydroxylation sites is 1. The summed E-state index contributed by atoms with van der Waals surface area (Å²) >= 11 is 0. The van der Waals surface area contributed by atoms with Gasteiger partial charge in [0.15, 0.2) is 0 Å². The second-order valence-corrected chi connectivity index (χ2v) is 5.65. The van der Waals surface area contributed by atoms with E-state index in [1.807, 2.05) is 0 Å². The number of esters is 1. The zero-order valence-electron chi connectivity index (χ0n) is 12.8. The molecule has 116 valence electrons. The molecule has 0 aliphatic heterocycles. The molecule has 2 rings (SSSR count). The number of anilines is 1. The summed E-state index contributed by atoms with van der Waals surface area (Å²) in [5.74, 6) is -0.411. The van der Waals surface area contributed by atoms with Crippen LogP contribution >= 0.6 is 0 Å². The highest BCUT2D eigenvalue weighted by Gasteiger charge is 2.47. The Hall–Kier alpha value is -1.58. The second kappa shape index (κ2) is 6.92. The van der Waals surface area contributed by atoms with Crippen molar-refractivity contribution < 1.29 is 13.9 Å². The van der Waals surface area contributed by atoms with Gasteiger partial charge in [0, 0.05) is 0 Å². The second-order valence-electron chi connectivity index (χ2n) is 5.65. The quantitative estimate of drug-likeness (QED) is 0.829. The van der Waals surface area contributed by atoms with Gasteiger partial charge in [-0.3, -0.25) is 0 Å². The summed E-state index contributed by atoms with van der Waals surface area (Å²) in [5.41, 5.74) is -0.420. The summed E-state index contributed by atoms with van der Waals surface area (Å²) in [7, 11) is 0. The van der Waals surface area contributed by atoms with Crippen LogP contribution in [0.1, 0.15) is 46.0 Å². The van der Waals surface area contributed by atoms with Crippen molar-refractivity contribution in [3.63, 3.8) is 0 Å². The van der Waals surface area contributed by atoms with Crippen molar-refractivity contribution in [2.24, 2.45) is 5.92 Å². The SMILES string of the molecule is CCOC(=O)C1(Nc2ccccc2F)CCCCC1CC. The predicted molar refractivity (Wildman–Crippen MR) is 81.6 cm³/mol. The number of hydrogen-bond acceptors (Lipinski definition) is 3. The molecule has 0 aromatic heterocycles. The third-order valence-electron chi connectivity index (χ3n) is 4.43. The number of benzene rings is 1. The molecule has 1 aliphatic carbocycles. The van der Waals surface area contributed by atoms with Crippen LogP contribution in [-0.2, 0) is 9.53 Å². The minimum absolute atomic E-state index is 0.171. The number of carbonyl (C=O) groups is 1. The smallest absolute Gasteiger partial charge is 0.332 e. The van der Waals surface area contributed by atoms with Gasteiger partial charge in [0.25, 0.3) is 0 Å². The van der Waals surface area contributed by atoms with Crippen LogP contribution in [0, 0.1) is 11.7 Å². The minimum Gasteiger partial charge on any atom is -0.464 e. The van der Waals surface area contributed by atoms with Crippen LogP contribution in [0.5, 0.6) is 0 Å². The van der Waals surface area contributed by atoms with Gasteiger partial charge in [-0.2, -0.15) is 0 Å². The van der Waals surface area contributed by atoms with E-state index in [2.05, 4.69) is 12.2 Å². The molecule has 4 heteroatoms. The normalized spacial score (nSPS) is 25.4. The molecule has 1 aromatic rings. The summed E-state index contributed by atoms with van der Waals surface area (Å²) in [6.07, 6.45) is 4.60. The molecule has 0 amide bonds. The van der Waals surface area contributed by atoms with Crippen molar-refractivity contribution in [2.75, 3.05) is 11.9 Å². The summed E-state index contributed by atoms with van der Waals surface area (Å²) in [5, 5.41) is 3.20. The number of hydrogen-bond donors (Lipinski definition) is 1. The minimum atomic E-state index is -0.800. The van der Waals surface area contributed by atoms with Gasteiger partial charge in [-0.1, -0.05) is 38.3 Å². The summed E-state index contributed by atoms with van der Waals surface area (Å²) < 4.78 is 19.3. The summed E-state index contributed by atoms with van der Waals surface area (Å²) in [4.78, 5) is 12.6. The molecule has 1 aromatic carbocycles. The van der Waals surface area contributed by atoms with Crippen molar-refractivity contribution in [1.29, 1.82) is 0 Å². The van der Waals surface area contributed by atoms with Gasteiger partial charge in [0.2, 0.25) is 0 Å². The Balaban J connectivity index is 2.35. The van der Waals surface area contributed by atoms with Crippen LogP contribution < -0.4 is 5.32 Å². The highest BCUT2D eigenvalue weighted by atomic mass is 19.1. The first-order valence-electron chi connectivity index (χ1n) is 7.84. The maximum Gasteiger partial charge on any atom is 0.332 e. The lowest BCUT2D eigenvalue weighted by atomic mass is 9.71. The molecule has 1 fully saturated rings. The number of ether oxygens (including phenoxy) is 1. The molecule has 0 heterocycles. The van der Waals surface area contributed by atoms with Gasteiger partial charge in [0.1, 0.15) is 11.4 Å². The average molecular weight is 293 g/mol. The van der Waals surface area contributed by atoms with Crippen molar-refractivity contribution in [3.8, 4) is 0 Å². The van der Waals surface area contributed by atoms with Crippen LogP contribution in [0.25, 0.3) is 0 Å². The zero-order chi connectivity index (χ0) is 15.3. The highest BCUT2D eigenvalue weighted by Crippen LogP contribution is 2.40. The molecule has 1 N–H and O–H groups in total. The largest absolute Gasteiger partial charge is 0.464 e. The molecule has 21 heavy (non-hydrogen) atoms. The van der Waals surface area contributed by atoms with Gasteiger partial charge >= 0.3 is 5.97 Å². The molecule has 2 atom stereocenters. The van der Waals surface area contributed by atoms with E-state index < -0.39 is 5.54 Å². The standard InChI is InChI=1S/C17H24FNO2/c1-3-13-9-7-8-12-17(13,16(20)21-4-2)19-15-11-6-5-10-14(15)18/h5-6,10-11,13,19H,3-4,7-9,12H2,1-2H3. The van der Waals surface area contributed by atoms with Gasteiger partial charge < -0.3 is 10.1 Å². The summed E-state index contributed by atoms with van der Waals surface area (Å²) in [6, 6.07) is 6.51. The van der Waals surface area contributed by atoms with Crippen LogP contribution in [0.15, 0.2) is 24.3 Å². The monoisotopic (exact) mass is 293 g/mol. The molecular weight excluding hydrogens is 269 g/mol. The van der Waals surface area contributed by atoms with Gasteiger partial charge in [-0.05, 0) is 37.8 Å². The molecule has 0 radical (unpaired) electrons. The molecule has 1 saturated carbocycles. The van der Waals surface area contributed by atoms with E-state index in [4.69, 9.17) is 4.74 Å². The Kier molecular flexibility index (Phi) is 5.21. The lowest BCUT2D eigenvalue weighted by Gasteiger charge is -2.43. The Bertz CT molecular complexity index is 491. The zero-order valence-corrected chi connectivity index (χ0v) is 12.8. The number of carbonyl (C=O) groups excluding carboxylic acids is 1. The number of rotatable bonds is 5. The van der Waals surface area contributed by atoms with Crippen LogP contribution in [-0.4, -0.2) is 18.1 Å². The van der Waals surface area contributed by atoms with E-state index in [1.165, 1.54) is 6.07 Å². The lowest BCUT2D eigenvalue weighted by Crippen LogP contribution is -2.55. The topological polar surface area (TPSA) is 38.3 Å². The van der Waals surface area contributed by atoms with E-state index in [0.717, 1.165) is 25.7 Å². The molecule has 2 unspecified atom stereocenters. The fraction of sp³-hybridized carbons (Fsp3) is 0.588. The van der Waals surface area contributed by atoms with Crippen molar-refractivity contribution in [1.82, 2.24) is 0 Å². The van der Waals surface area contributed by atoms with Crippen molar-refractivity contribution >= 4 is 11.7 Å². The fourth-order valence-electron chi connectivity index (χ4n) is 3.34. The maximum atomic E-state index is 14.0. The van der Waals surface area contributed by atoms with E-state index >= 15 is 0 Å². The van der Waals surface area contributed by atoms with E-state index in [0.29, 0.717) is 18.7 Å². The molecule has 1 aliphatic rings. The Morgan fingerprint density at radius 2 is 2.14 bits per heavy atom. The Labute approximate surface area is 125 Å². The van der Waals surface area contributed by atoms with Gasteiger partial charge in [0.05, 0.1) is 12.3 Å². The molecule has 3 nitrogen and oxygen atoms in total. The third-order valence-corrected chi connectivity index (χ3v) is 4.43. The fourth-order valence-corrected chi connectivity index (χ4v) is 3.34. The summed E-state index contributed by atoms with van der Waals surface area (Å²) in [6.45, 7) is 4.22. The highest BCUT2D eigenvalue weighted by molar-refractivity contribution is 5.85. The van der Waals surface area contributed by atoms with Crippen LogP contribution in [0.3, 0.4) is 0 Å². The van der Waals surface area contributed by atoms with Crippen molar-refractivity contribution in [3.05, 3.63) is 30.1 Å². The first-order valence-corrected chi connectivity index (χ1v) is 7.84. The average Bonchev–Trinajstić information content (AvgIpc) is 2.50. The number of nitrogens with one attached hydrogen (secondary N) is 1. The van der Waals surface area contributed by atoms with Crippen LogP contribution in [0.4, 0.5) is 10.1 Å². The molecule has 0 saturated heterocycles. The van der Waals surface area contributed by atoms with E-state index in [9.17, 15) is 9.18 Å². The predicted octanol–water partition coefficient (Wildman–Crippen LogP) is 4.14. The lowest BCUT2D eigenvalue weighted by molar-refractivity contribution is -0.152. The van der Waals surface area contributed by atoms with E-state index in [1.54, 1.807) is 25.1 Å². The molecular formula is C17H24FNO2.